The van der Waals surface area contributed by atoms with E-state index in [0.717, 1.165) is 56.2 Å². The molecule has 7 heteroatoms. The number of rotatable bonds is 8. The first-order valence-corrected chi connectivity index (χ1v) is 14.0. The molecule has 0 aliphatic carbocycles. The average molecular weight is 535 g/mol. The summed E-state index contributed by atoms with van der Waals surface area (Å²) in [6.45, 7) is 0.601. The molecule has 1 atom stereocenters. The first kappa shape index (κ1) is 25.4. The van der Waals surface area contributed by atoms with Crippen LogP contribution in [0.1, 0.15) is 23.1 Å². The first-order chi connectivity index (χ1) is 19.2. The predicted octanol–water partition coefficient (Wildman–Crippen LogP) is 6.33. The van der Waals surface area contributed by atoms with Gasteiger partial charge in [0, 0.05) is 27.4 Å². The molecule has 0 radical (unpaired) electrons. The molecule has 0 saturated carbocycles. The van der Waals surface area contributed by atoms with Gasteiger partial charge in [-0.2, -0.15) is 4.98 Å². The maximum atomic E-state index is 10.3. The van der Waals surface area contributed by atoms with Crippen molar-refractivity contribution in [1.82, 2.24) is 9.97 Å². The Balaban J connectivity index is 1.35. The molecule has 6 rings (SSSR count). The van der Waals surface area contributed by atoms with E-state index in [0.29, 0.717) is 12.5 Å². The number of aliphatic hydroxyl groups excluding tert-OH is 2. The number of aryl methyl sites for hydroxylation is 1. The van der Waals surface area contributed by atoms with E-state index < -0.39 is 0 Å². The number of para-hydroxylation sites is 2. The van der Waals surface area contributed by atoms with Gasteiger partial charge in [-0.1, -0.05) is 78.5 Å². The number of anilines is 3. The van der Waals surface area contributed by atoms with Crippen LogP contribution < -0.4 is 10.2 Å². The van der Waals surface area contributed by atoms with Crippen LogP contribution in [0, 0.1) is 0 Å². The molecule has 0 bridgehead atoms. The zero-order chi connectivity index (χ0) is 26.6. The summed E-state index contributed by atoms with van der Waals surface area (Å²) in [6, 6.07) is 32.5. The van der Waals surface area contributed by atoms with Crippen LogP contribution >= 0.6 is 11.8 Å². The number of nitrogens with zero attached hydrogens (tertiary/aromatic N) is 3. The SMILES string of the molecule is OCc1ccccc1Sc1ccccc1CNc1nc(N2c3ccccc3CCC2CO)c2ccccc2n1. The fourth-order valence-corrected chi connectivity index (χ4v) is 6.23. The number of benzene rings is 4. The van der Waals surface area contributed by atoms with Gasteiger partial charge in [-0.25, -0.2) is 4.98 Å². The molecule has 196 valence electrons. The minimum atomic E-state index is -0.0604. The van der Waals surface area contributed by atoms with E-state index in [1.54, 1.807) is 11.8 Å². The third-order valence-corrected chi connectivity index (χ3v) is 8.39. The van der Waals surface area contributed by atoms with Gasteiger partial charge in [-0.05, 0) is 59.9 Å². The molecule has 6 nitrogen and oxygen atoms in total. The highest BCUT2D eigenvalue weighted by Crippen LogP contribution is 2.39. The molecule has 1 aromatic heterocycles. The van der Waals surface area contributed by atoms with E-state index in [-0.39, 0.29) is 19.3 Å². The van der Waals surface area contributed by atoms with Crippen molar-refractivity contribution >= 4 is 40.1 Å². The van der Waals surface area contributed by atoms with Crippen molar-refractivity contribution in [2.75, 3.05) is 16.8 Å². The second-order valence-corrected chi connectivity index (χ2v) is 10.7. The van der Waals surface area contributed by atoms with Gasteiger partial charge < -0.3 is 20.4 Å². The van der Waals surface area contributed by atoms with Crippen molar-refractivity contribution < 1.29 is 10.2 Å². The first-order valence-electron chi connectivity index (χ1n) is 13.2. The van der Waals surface area contributed by atoms with E-state index in [1.165, 1.54) is 5.56 Å². The van der Waals surface area contributed by atoms with Crippen LogP contribution in [-0.4, -0.2) is 32.8 Å². The predicted molar refractivity (Wildman–Crippen MR) is 158 cm³/mol. The summed E-state index contributed by atoms with van der Waals surface area (Å²) in [5.74, 6) is 1.34. The van der Waals surface area contributed by atoms with E-state index in [9.17, 15) is 10.2 Å². The summed E-state index contributed by atoms with van der Waals surface area (Å²) < 4.78 is 0. The van der Waals surface area contributed by atoms with E-state index >= 15 is 0 Å². The summed E-state index contributed by atoms with van der Waals surface area (Å²) >= 11 is 1.65. The maximum absolute atomic E-state index is 10.3. The van der Waals surface area contributed by atoms with E-state index in [1.807, 2.05) is 66.7 Å². The van der Waals surface area contributed by atoms with Crippen molar-refractivity contribution in [2.24, 2.45) is 0 Å². The van der Waals surface area contributed by atoms with Crippen molar-refractivity contribution in [3.63, 3.8) is 0 Å². The van der Waals surface area contributed by atoms with Crippen LogP contribution in [0.15, 0.2) is 107 Å². The minimum Gasteiger partial charge on any atom is -0.394 e. The van der Waals surface area contributed by atoms with Gasteiger partial charge in [0.15, 0.2) is 0 Å². The lowest BCUT2D eigenvalue weighted by Gasteiger charge is -2.37. The van der Waals surface area contributed by atoms with E-state index in [2.05, 4.69) is 40.5 Å². The highest BCUT2D eigenvalue weighted by molar-refractivity contribution is 7.99. The summed E-state index contributed by atoms with van der Waals surface area (Å²) in [7, 11) is 0. The lowest BCUT2D eigenvalue weighted by Crippen LogP contribution is -2.39. The summed E-state index contributed by atoms with van der Waals surface area (Å²) in [5, 5.41) is 24.5. The summed E-state index contributed by atoms with van der Waals surface area (Å²) in [4.78, 5) is 14.2. The number of nitrogens with one attached hydrogen (secondary N) is 1. The van der Waals surface area contributed by atoms with Crippen molar-refractivity contribution in [1.29, 1.82) is 0 Å². The highest BCUT2D eigenvalue weighted by Gasteiger charge is 2.29. The molecule has 4 aromatic carbocycles. The molecular formula is C32H30N4O2S. The monoisotopic (exact) mass is 534 g/mol. The molecule has 39 heavy (non-hydrogen) atoms. The second kappa shape index (κ2) is 11.5. The van der Waals surface area contributed by atoms with Gasteiger partial charge in [-0.15, -0.1) is 0 Å². The Morgan fingerprint density at radius 2 is 1.49 bits per heavy atom. The van der Waals surface area contributed by atoms with Crippen molar-refractivity contribution in [3.05, 3.63) is 114 Å². The van der Waals surface area contributed by atoms with Crippen LogP contribution in [-0.2, 0) is 19.6 Å². The zero-order valence-electron chi connectivity index (χ0n) is 21.5. The van der Waals surface area contributed by atoms with Crippen LogP contribution in [0.2, 0.25) is 0 Å². The molecule has 0 saturated heterocycles. The number of fused-ring (bicyclic) bond motifs is 2. The molecule has 0 fully saturated rings. The number of hydrogen-bond acceptors (Lipinski definition) is 7. The zero-order valence-corrected chi connectivity index (χ0v) is 22.3. The number of aromatic nitrogens is 2. The topological polar surface area (TPSA) is 81.5 Å². The second-order valence-electron chi connectivity index (χ2n) is 9.59. The van der Waals surface area contributed by atoms with Gasteiger partial charge in [-0.3, -0.25) is 0 Å². The minimum absolute atomic E-state index is 0.00571. The van der Waals surface area contributed by atoms with Gasteiger partial charge >= 0.3 is 0 Å². The fraction of sp³-hybridized carbons (Fsp3) is 0.188. The Labute approximate surface area is 232 Å². The average Bonchev–Trinajstić information content (AvgIpc) is 3.00. The highest BCUT2D eigenvalue weighted by atomic mass is 32.2. The molecule has 1 unspecified atom stereocenters. The summed E-state index contributed by atoms with van der Waals surface area (Å²) in [6.07, 6.45) is 1.79. The van der Waals surface area contributed by atoms with Crippen LogP contribution in [0.5, 0.6) is 0 Å². The molecule has 5 aromatic rings. The van der Waals surface area contributed by atoms with Crippen LogP contribution in [0.3, 0.4) is 0 Å². The molecule has 0 amide bonds. The lowest BCUT2D eigenvalue weighted by molar-refractivity contribution is 0.256. The molecule has 1 aliphatic heterocycles. The van der Waals surface area contributed by atoms with Gasteiger partial charge in [0.05, 0.1) is 24.8 Å². The molecule has 2 heterocycles. The number of hydrogen-bond donors (Lipinski definition) is 3. The largest absolute Gasteiger partial charge is 0.394 e. The Morgan fingerprint density at radius 1 is 0.795 bits per heavy atom. The molecule has 1 aliphatic rings. The van der Waals surface area contributed by atoms with Gasteiger partial charge in [0.1, 0.15) is 5.82 Å². The lowest BCUT2D eigenvalue weighted by atomic mass is 9.95. The van der Waals surface area contributed by atoms with Crippen molar-refractivity contribution in [3.8, 4) is 0 Å². The maximum Gasteiger partial charge on any atom is 0.225 e. The van der Waals surface area contributed by atoms with E-state index in [4.69, 9.17) is 9.97 Å². The van der Waals surface area contributed by atoms with Crippen LogP contribution in [0.25, 0.3) is 10.9 Å². The van der Waals surface area contributed by atoms with Gasteiger partial charge in [0.2, 0.25) is 5.95 Å². The Kier molecular flexibility index (Phi) is 7.45. The Hall–Kier alpha value is -3.91. The molecule has 3 N–H and O–H groups in total. The Bertz CT molecular complexity index is 1610. The quantitative estimate of drug-likeness (QED) is 0.215. The third kappa shape index (κ3) is 5.21. The number of aliphatic hydroxyl groups is 2. The fourth-order valence-electron chi connectivity index (χ4n) is 5.16. The van der Waals surface area contributed by atoms with Crippen molar-refractivity contribution in [2.45, 2.75) is 41.8 Å². The standard InChI is InChI=1S/C32H30N4O2S/c37-20-24-11-3-8-16-30(24)39-29-15-7-2-10-23(29)19-33-32-34-27-13-5-4-12-26(27)31(35-32)36-25(21-38)18-17-22-9-1-6-14-28(22)36/h1-16,25,37-38H,17-21H2,(H,33,34,35). The normalized spacial score (nSPS) is 14.8. The van der Waals surface area contributed by atoms with Crippen LogP contribution in [0.4, 0.5) is 17.5 Å². The molecular weight excluding hydrogens is 504 g/mol. The van der Waals surface area contributed by atoms with Gasteiger partial charge in [0.25, 0.3) is 0 Å². The summed E-state index contributed by atoms with van der Waals surface area (Å²) in [5.41, 5.74) is 5.22. The molecule has 0 spiro atoms. The Morgan fingerprint density at radius 3 is 2.31 bits per heavy atom. The smallest absolute Gasteiger partial charge is 0.225 e. The third-order valence-electron chi connectivity index (χ3n) is 7.16.